The highest BCUT2D eigenvalue weighted by Crippen LogP contribution is 2.29. The zero-order chi connectivity index (χ0) is 17.9. The molecule has 6 nitrogen and oxygen atoms in total. The number of para-hydroxylation sites is 1. The topological polar surface area (TPSA) is 84.5 Å². The average Bonchev–Trinajstić information content (AvgIpc) is 2.57. The van der Waals surface area contributed by atoms with E-state index in [9.17, 15) is 13.2 Å². The maximum atomic E-state index is 12.4. The fraction of sp³-hybridized carbons (Fsp3) is 0.235. The Morgan fingerprint density at radius 2 is 1.84 bits per heavy atom. The summed E-state index contributed by atoms with van der Waals surface area (Å²) in [6.45, 7) is 0.469. The van der Waals surface area contributed by atoms with Gasteiger partial charge in [0.05, 0.1) is 9.92 Å². The molecule has 0 aromatic heterocycles. The molecular weight excluding hydrogens is 364 g/mol. The van der Waals surface area contributed by atoms with E-state index in [0.717, 1.165) is 0 Å². The van der Waals surface area contributed by atoms with Crippen LogP contribution in [0.4, 0.5) is 0 Å². The van der Waals surface area contributed by atoms with Crippen molar-refractivity contribution in [3.05, 3.63) is 53.6 Å². The summed E-state index contributed by atoms with van der Waals surface area (Å²) in [6, 6.07) is 12.7. The first-order valence-corrected chi connectivity index (χ1v) is 9.62. The molecule has 0 bridgehead atoms. The Morgan fingerprint density at radius 1 is 1.12 bits per heavy atom. The van der Waals surface area contributed by atoms with Gasteiger partial charge in [0.15, 0.2) is 0 Å². The molecule has 0 saturated carbocycles. The van der Waals surface area contributed by atoms with Gasteiger partial charge >= 0.3 is 0 Å². The van der Waals surface area contributed by atoms with Crippen LogP contribution in [0.5, 0.6) is 11.5 Å². The van der Waals surface area contributed by atoms with Crippen molar-refractivity contribution in [2.75, 3.05) is 6.54 Å². The monoisotopic (exact) mass is 380 g/mol. The summed E-state index contributed by atoms with van der Waals surface area (Å²) in [6.07, 6.45) is 0.714. The molecule has 132 valence electrons. The molecule has 0 aliphatic carbocycles. The number of hydrogen-bond donors (Lipinski definition) is 2. The third-order valence-electron chi connectivity index (χ3n) is 3.77. The lowest BCUT2D eigenvalue weighted by atomic mass is 10.1. The smallest absolute Gasteiger partial charge is 0.240 e. The molecule has 1 saturated heterocycles. The van der Waals surface area contributed by atoms with E-state index in [2.05, 4.69) is 10.0 Å². The molecule has 8 heteroatoms. The fourth-order valence-electron chi connectivity index (χ4n) is 2.51. The number of ether oxygens (including phenoxy) is 1. The Hall–Kier alpha value is -2.09. The number of amides is 1. The molecule has 25 heavy (non-hydrogen) atoms. The summed E-state index contributed by atoms with van der Waals surface area (Å²) in [5.74, 6) is 0.817. The van der Waals surface area contributed by atoms with Crippen LogP contribution in [0.15, 0.2) is 53.4 Å². The predicted molar refractivity (Wildman–Crippen MR) is 94.3 cm³/mol. The van der Waals surface area contributed by atoms with Crippen LogP contribution in [0, 0.1) is 0 Å². The summed E-state index contributed by atoms with van der Waals surface area (Å²) in [4.78, 5) is 11.5. The van der Waals surface area contributed by atoms with E-state index in [1.807, 2.05) is 0 Å². The lowest BCUT2D eigenvalue weighted by Gasteiger charge is -2.22. The predicted octanol–water partition coefficient (Wildman–Crippen LogP) is 2.69. The van der Waals surface area contributed by atoms with Crippen molar-refractivity contribution in [2.45, 2.75) is 23.8 Å². The first-order chi connectivity index (χ1) is 11.9. The molecule has 2 N–H and O–H groups in total. The van der Waals surface area contributed by atoms with Crippen molar-refractivity contribution in [2.24, 2.45) is 0 Å². The van der Waals surface area contributed by atoms with Crippen molar-refractivity contribution in [1.82, 2.24) is 10.0 Å². The average molecular weight is 381 g/mol. The molecule has 1 atom stereocenters. The SMILES string of the molecule is O=C1C[C@@H](NS(=O)(=O)c2ccc(Oc3ccccc3Cl)cc2)CCN1. The Bertz CT molecular complexity index is 868. The highest BCUT2D eigenvalue weighted by atomic mass is 35.5. The molecule has 1 fully saturated rings. The van der Waals surface area contributed by atoms with Crippen molar-refractivity contribution in [1.29, 1.82) is 0 Å². The number of piperidine rings is 1. The largest absolute Gasteiger partial charge is 0.456 e. The van der Waals surface area contributed by atoms with E-state index < -0.39 is 16.1 Å². The highest BCUT2D eigenvalue weighted by molar-refractivity contribution is 7.89. The maximum Gasteiger partial charge on any atom is 0.240 e. The molecule has 2 aromatic carbocycles. The minimum Gasteiger partial charge on any atom is -0.456 e. The number of halogens is 1. The summed E-state index contributed by atoms with van der Waals surface area (Å²) < 4.78 is 33.1. The third-order valence-corrected chi connectivity index (χ3v) is 5.62. The molecule has 0 radical (unpaired) electrons. The molecule has 1 heterocycles. The Kier molecular flexibility index (Phi) is 5.27. The van der Waals surface area contributed by atoms with Crippen LogP contribution in [0.3, 0.4) is 0 Å². The van der Waals surface area contributed by atoms with Crippen LogP contribution in [0.25, 0.3) is 0 Å². The Balaban J connectivity index is 1.70. The van der Waals surface area contributed by atoms with Gasteiger partial charge in [0.1, 0.15) is 11.5 Å². The Labute approximate surface area is 151 Å². The van der Waals surface area contributed by atoms with Gasteiger partial charge in [-0.05, 0) is 42.8 Å². The number of hydrogen-bond acceptors (Lipinski definition) is 4. The van der Waals surface area contributed by atoms with Gasteiger partial charge in [-0.25, -0.2) is 13.1 Å². The van der Waals surface area contributed by atoms with Crippen LogP contribution < -0.4 is 14.8 Å². The molecule has 3 rings (SSSR count). The van der Waals surface area contributed by atoms with E-state index >= 15 is 0 Å². The van der Waals surface area contributed by atoms with Crippen molar-refractivity contribution < 1.29 is 17.9 Å². The first kappa shape index (κ1) is 17.7. The standard InChI is InChI=1S/C17H17ClN2O4S/c18-15-3-1-2-4-16(15)24-13-5-7-14(8-6-13)25(22,23)20-12-9-10-19-17(21)11-12/h1-8,12,20H,9-11H2,(H,19,21)/t12-/m0/s1. The van der Waals surface area contributed by atoms with Crippen molar-refractivity contribution in [3.8, 4) is 11.5 Å². The summed E-state index contributed by atoms with van der Waals surface area (Å²) in [7, 11) is -3.69. The normalized spacial score (nSPS) is 17.8. The molecule has 1 aliphatic rings. The van der Waals surface area contributed by atoms with E-state index in [1.54, 1.807) is 36.4 Å². The molecule has 1 amide bonds. The number of rotatable bonds is 5. The number of benzene rings is 2. The van der Waals surface area contributed by atoms with Crippen LogP contribution in [0.2, 0.25) is 5.02 Å². The lowest BCUT2D eigenvalue weighted by Crippen LogP contribution is -2.45. The van der Waals surface area contributed by atoms with E-state index in [4.69, 9.17) is 16.3 Å². The van der Waals surface area contributed by atoms with Gasteiger partial charge in [-0.1, -0.05) is 23.7 Å². The van der Waals surface area contributed by atoms with Gasteiger partial charge in [0.25, 0.3) is 0 Å². The van der Waals surface area contributed by atoms with Gasteiger partial charge in [-0.3, -0.25) is 4.79 Å². The quantitative estimate of drug-likeness (QED) is 0.835. The second-order valence-corrected chi connectivity index (χ2v) is 7.79. The molecule has 2 aromatic rings. The van der Waals surface area contributed by atoms with Crippen LogP contribution in [-0.2, 0) is 14.8 Å². The zero-order valence-electron chi connectivity index (χ0n) is 13.2. The number of sulfonamides is 1. The van der Waals surface area contributed by atoms with Gasteiger partial charge in [0, 0.05) is 19.0 Å². The van der Waals surface area contributed by atoms with Crippen LogP contribution >= 0.6 is 11.6 Å². The molecule has 0 unspecified atom stereocenters. The third kappa shape index (κ3) is 4.50. The van der Waals surface area contributed by atoms with Gasteiger partial charge in [0.2, 0.25) is 15.9 Å². The van der Waals surface area contributed by atoms with Crippen molar-refractivity contribution in [3.63, 3.8) is 0 Å². The molecule has 1 aliphatic heterocycles. The summed E-state index contributed by atoms with van der Waals surface area (Å²) >= 11 is 6.03. The fourth-order valence-corrected chi connectivity index (χ4v) is 3.96. The molecule has 0 spiro atoms. The Morgan fingerprint density at radius 3 is 2.52 bits per heavy atom. The minimum absolute atomic E-state index is 0.116. The minimum atomic E-state index is -3.69. The second-order valence-electron chi connectivity index (χ2n) is 5.66. The maximum absolute atomic E-state index is 12.4. The lowest BCUT2D eigenvalue weighted by molar-refractivity contribution is -0.122. The van der Waals surface area contributed by atoms with Gasteiger partial charge in [-0.15, -0.1) is 0 Å². The zero-order valence-corrected chi connectivity index (χ0v) is 14.8. The summed E-state index contributed by atoms with van der Waals surface area (Å²) in [5.41, 5.74) is 0. The van der Waals surface area contributed by atoms with Crippen LogP contribution in [0.1, 0.15) is 12.8 Å². The van der Waals surface area contributed by atoms with Crippen molar-refractivity contribution >= 4 is 27.5 Å². The highest BCUT2D eigenvalue weighted by Gasteiger charge is 2.25. The number of carbonyl (C=O) groups excluding carboxylic acids is 1. The van der Waals surface area contributed by atoms with E-state index in [0.29, 0.717) is 29.5 Å². The number of carbonyl (C=O) groups is 1. The van der Waals surface area contributed by atoms with Gasteiger partial charge < -0.3 is 10.1 Å². The second kappa shape index (κ2) is 7.43. The van der Waals surface area contributed by atoms with Crippen LogP contribution in [-0.4, -0.2) is 26.9 Å². The first-order valence-electron chi connectivity index (χ1n) is 7.75. The number of nitrogens with one attached hydrogen (secondary N) is 2. The van der Waals surface area contributed by atoms with E-state index in [1.165, 1.54) is 12.1 Å². The summed E-state index contributed by atoms with van der Waals surface area (Å²) in [5, 5.41) is 3.14. The van der Waals surface area contributed by atoms with E-state index in [-0.39, 0.29) is 17.2 Å². The van der Waals surface area contributed by atoms with Gasteiger partial charge in [-0.2, -0.15) is 0 Å². The molecular formula is C17H17ClN2O4S.